The summed E-state index contributed by atoms with van der Waals surface area (Å²) in [7, 11) is -4.58. The number of carbonyl (C=O) groups is 4. The fourth-order valence-corrected chi connectivity index (χ4v) is 2.56. The molecule has 1 fully saturated rings. The summed E-state index contributed by atoms with van der Waals surface area (Å²) in [6.07, 6.45) is -0.916. The van der Waals surface area contributed by atoms with Crippen molar-refractivity contribution in [1.29, 1.82) is 0 Å². The molecule has 1 heterocycles. The van der Waals surface area contributed by atoms with E-state index in [1.54, 1.807) is 24.3 Å². The molecule has 2 rings (SSSR count). The van der Waals surface area contributed by atoms with Gasteiger partial charge in [0.2, 0.25) is 0 Å². The third-order valence-corrected chi connectivity index (χ3v) is 4.09. The third kappa shape index (κ3) is 8.00. The van der Waals surface area contributed by atoms with Crippen molar-refractivity contribution < 1.29 is 47.6 Å². The molecule has 158 valence electrons. The van der Waals surface area contributed by atoms with Crippen molar-refractivity contribution in [3.05, 3.63) is 35.4 Å². The fourth-order valence-electron chi connectivity index (χ4n) is 2.23. The second kappa shape index (κ2) is 10.1. The van der Waals surface area contributed by atoms with Gasteiger partial charge in [-0.2, -0.15) is 0 Å². The van der Waals surface area contributed by atoms with Crippen LogP contribution in [0.15, 0.2) is 24.3 Å². The van der Waals surface area contributed by atoms with E-state index in [1.807, 2.05) is 0 Å². The lowest BCUT2D eigenvalue weighted by Crippen LogP contribution is -2.32. The Morgan fingerprint density at radius 2 is 1.66 bits per heavy atom. The number of hydrogen-bond donors (Lipinski definition) is 3. The lowest BCUT2D eigenvalue weighted by atomic mass is 10.1. The summed E-state index contributed by atoms with van der Waals surface area (Å²) >= 11 is 0. The maximum atomic E-state index is 11.8. The van der Waals surface area contributed by atoms with Crippen LogP contribution in [0.3, 0.4) is 0 Å². The summed E-state index contributed by atoms with van der Waals surface area (Å²) in [5.41, 5.74) is 1.19. The number of amides is 3. The molecule has 1 aliphatic rings. The lowest BCUT2D eigenvalue weighted by molar-refractivity contribution is -0.197. The molecule has 13 heteroatoms. The largest absolute Gasteiger partial charge is 0.469 e. The van der Waals surface area contributed by atoms with E-state index < -0.39 is 31.7 Å². The van der Waals surface area contributed by atoms with E-state index in [0.29, 0.717) is 16.2 Å². The van der Waals surface area contributed by atoms with E-state index in [0.717, 1.165) is 0 Å². The van der Waals surface area contributed by atoms with Gasteiger partial charge in [0.25, 0.3) is 11.8 Å². The fraction of sp³-hybridized carbons (Fsp3) is 0.375. The summed E-state index contributed by atoms with van der Waals surface area (Å²) in [6, 6.07) is 6.41. The summed E-state index contributed by atoms with van der Waals surface area (Å²) in [6.45, 7) is -0.599. The minimum Gasteiger partial charge on any atom is -0.445 e. The number of benzene rings is 1. The van der Waals surface area contributed by atoms with Gasteiger partial charge in [-0.05, 0) is 11.1 Å². The second-order valence-electron chi connectivity index (χ2n) is 5.87. The Bertz CT molecular complexity index is 803. The number of phosphoric ester groups is 1. The van der Waals surface area contributed by atoms with Crippen molar-refractivity contribution >= 4 is 31.7 Å². The molecule has 0 saturated carbocycles. The number of alkyl carbamates (subject to hydrolysis) is 1. The summed E-state index contributed by atoms with van der Waals surface area (Å²) in [5.74, 6) is -1.86. The van der Waals surface area contributed by atoms with Crippen LogP contribution >= 0.6 is 7.82 Å². The van der Waals surface area contributed by atoms with Crippen molar-refractivity contribution in [2.24, 2.45) is 0 Å². The predicted molar refractivity (Wildman–Crippen MR) is 93.5 cm³/mol. The van der Waals surface area contributed by atoms with E-state index in [4.69, 9.17) is 19.4 Å². The molecule has 0 aromatic heterocycles. The van der Waals surface area contributed by atoms with Crippen LogP contribution in [0.25, 0.3) is 0 Å². The molecular weight excluding hydrogens is 411 g/mol. The van der Waals surface area contributed by atoms with Crippen LogP contribution in [0.5, 0.6) is 0 Å². The monoisotopic (exact) mass is 430 g/mol. The van der Waals surface area contributed by atoms with Gasteiger partial charge in [0.05, 0.1) is 13.0 Å². The molecule has 0 spiro atoms. The third-order valence-electron chi connectivity index (χ3n) is 3.57. The number of nitrogens with zero attached hydrogens (tertiary/aromatic N) is 1. The van der Waals surface area contributed by atoms with Crippen LogP contribution in [-0.4, -0.2) is 51.9 Å². The standard InChI is InChI=1S/C16H19N2O10P/c19-13-5-6-14(20)18(13)28-15(21)9-11-1-3-12(4-2-11)10-26-16(22)17-7-8-27-29(23,24)25/h1-4H,5-10H2,(H,17,22)(H2,23,24,25). The quantitative estimate of drug-likeness (QED) is 0.279. The molecule has 0 unspecified atom stereocenters. The topological polar surface area (TPSA) is 169 Å². The summed E-state index contributed by atoms with van der Waals surface area (Å²) < 4.78 is 19.5. The Labute approximate surface area is 164 Å². The number of imide groups is 1. The average molecular weight is 430 g/mol. The van der Waals surface area contributed by atoms with Crippen LogP contribution < -0.4 is 5.32 Å². The highest BCUT2D eigenvalue weighted by Gasteiger charge is 2.32. The van der Waals surface area contributed by atoms with Crippen molar-refractivity contribution in [2.75, 3.05) is 13.2 Å². The maximum Gasteiger partial charge on any atom is 0.469 e. The van der Waals surface area contributed by atoms with Crippen molar-refractivity contribution in [3.8, 4) is 0 Å². The highest BCUT2D eigenvalue weighted by Crippen LogP contribution is 2.35. The van der Waals surface area contributed by atoms with E-state index >= 15 is 0 Å². The van der Waals surface area contributed by atoms with Crippen LogP contribution in [0, 0.1) is 0 Å². The smallest absolute Gasteiger partial charge is 0.445 e. The van der Waals surface area contributed by atoms with E-state index in [1.165, 1.54) is 0 Å². The number of hydrogen-bond acceptors (Lipinski definition) is 8. The van der Waals surface area contributed by atoms with Gasteiger partial charge in [-0.1, -0.05) is 24.3 Å². The first-order chi connectivity index (χ1) is 13.6. The van der Waals surface area contributed by atoms with Gasteiger partial charge in [0.15, 0.2) is 0 Å². The van der Waals surface area contributed by atoms with Gasteiger partial charge < -0.3 is 24.7 Å². The molecule has 0 atom stereocenters. The highest BCUT2D eigenvalue weighted by atomic mass is 31.2. The minimum absolute atomic E-state index is 0.0189. The summed E-state index contributed by atoms with van der Waals surface area (Å²) in [4.78, 5) is 67.9. The Morgan fingerprint density at radius 1 is 1.07 bits per heavy atom. The van der Waals surface area contributed by atoms with Crippen molar-refractivity contribution in [1.82, 2.24) is 10.4 Å². The number of phosphoric acid groups is 1. The van der Waals surface area contributed by atoms with Gasteiger partial charge in [0, 0.05) is 19.4 Å². The molecule has 12 nitrogen and oxygen atoms in total. The second-order valence-corrected chi connectivity index (χ2v) is 7.10. The molecule has 3 N–H and O–H groups in total. The maximum absolute atomic E-state index is 11.8. The molecular formula is C16H19N2O10P. The van der Waals surface area contributed by atoms with Gasteiger partial charge in [0.1, 0.15) is 6.61 Å². The molecule has 0 aliphatic carbocycles. The Morgan fingerprint density at radius 3 is 2.24 bits per heavy atom. The van der Waals surface area contributed by atoms with Crippen LogP contribution in [0.4, 0.5) is 4.79 Å². The number of carbonyl (C=O) groups excluding carboxylic acids is 4. The zero-order chi connectivity index (χ0) is 21.4. The predicted octanol–water partition coefficient (Wildman–Crippen LogP) is 0.172. The van der Waals surface area contributed by atoms with Gasteiger partial charge in [-0.3, -0.25) is 14.1 Å². The first-order valence-electron chi connectivity index (χ1n) is 8.39. The minimum atomic E-state index is -4.58. The average Bonchev–Trinajstić information content (AvgIpc) is 2.96. The number of rotatable bonds is 9. The van der Waals surface area contributed by atoms with E-state index in [-0.39, 0.29) is 39.0 Å². The number of hydroxylamine groups is 2. The summed E-state index contributed by atoms with van der Waals surface area (Å²) in [5, 5.41) is 2.73. The molecule has 0 bridgehead atoms. The molecule has 1 aromatic rings. The Balaban J connectivity index is 1.70. The Kier molecular flexibility index (Phi) is 7.85. The van der Waals surface area contributed by atoms with Crippen LogP contribution in [0.2, 0.25) is 0 Å². The Hall–Kier alpha value is -2.79. The molecule has 1 saturated heterocycles. The SMILES string of the molecule is O=C(Cc1ccc(COC(=O)NCCOP(=O)(O)O)cc1)ON1C(=O)CCC1=O. The van der Waals surface area contributed by atoms with Crippen molar-refractivity contribution in [2.45, 2.75) is 25.9 Å². The van der Waals surface area contributed by atoms with Gasteiger partial charge in [-0.25, -0.2) is 14.2 Å². The van der Waals surface area contributed by atoms with Crippen LogP contribution in [0.1, 0.15) is 24.0 Å². The zero-order valence-corrected chi connectivity index (χ0v) is 16.0. The first-order valence-corrected chi connectivity index (χ1v) is 9.92. The first kappa shape index (κ1) is 22.5. The molecule has 29 heavy (non-hydrogen) atoms. The normalized spacial score (nSPS) is 14.1. The number of nitrogens with one attached hydrogen (secondary N) is 1. The number of ether oxygens (including phenoxy) is 1. The molecule has 1 aromatic carbocycles. The zero-order valence-electron chi connectivity index (χ0n) is 15.1. The van der Waals surface area contributed by atoms with E-state index in [9.17, 15) is 23.7 Å². The molecule has 0 radical (unpaired) electrons. The highest BCUT2D eigenvalue weighted by molar-refractivity contribution is 7.46. The lowest BCUT2D eigenvalue weighted by Gasteiger charge is -2.12. The van der Waals surface area contributed by atoms with E-state index in [2.05, 4.69) is 9.84 Å². The van der Waals surface area contributed by atoms with Gasteiger partial charge in [-0.15, -0.1) is 5.06 Å². The van der Waals surface area contributed by atoms with Crippen LogP contribution in [-0.2, 0) is 46.1 Å². The molecule has 3 amide bonds. The van der Waals surface area contributed by atoms with Gasteiger partial charge >= 0.3 is 19.9 Å². The molecule has 1 aliphatic heterocycles. The van der Waals surface area contributed by atoms with Crippen molar-refractivity contribution in [3.63, 3.8) is 0 Å².